The zero-order valence-corrected chi connectivity index (χ0v) is 14.6. The highest BCUT2D eigenvalue weighted by Gasteiger charge is 1.95. The Morgan fingerprint density at radius 2 is 1.20 bits per heavy atom. The van der Waals surface area contributed by atoms with Gasteiger partial charge in [0.25, 0.3) is 0 Å². The summed E-state index contributed by atoms with van der Waals surface area (Å²) >= 11 is 0. The predicted molar refractivity (Wildman–Crippen MR) is 98.0 cm³/mol. The Hall–Kier alpha value is -1.56. The largest absolute Gasteiger partial charge is 0.0991 e. The summed E-state index contributed by atoms with van der Waals surface area (Å²) in [6.45, 7) is 21.9. The molecule has 0 aliphatic rings. The van der Waals surface area contributed by atoms with E-state index in [0.29, 0.717) is 5.41 Å². The SMILES string of the molecule is C/C=C\C=C/C.C=C/C=C\C(C=C)=C/C.CC(C)(C)C. The van der Waals surface area contributed by atoms with Gasteiger partial charge in [0, 0.05) is 0 Å². The number of allylic oxidation sites excluding steroid dienone is 10. The summed E-state index contributed by atoms with van der Waals surface area (Å²) in [6.07, 6.45) is 17.4. The van der Waals surface area contributed by atoms with Crippen LogP contribution in [0.4, 0.5) is 0 Å². The molecule has 0 fully saturated rings. The van der Waals surface area contributed by atoms with Gasteiger partial charge in [0.15, 0.2) is 0 Å². The Labute approximate surface area is 128 Å². The monoisotopic (exact) mass is 274 g/mol. The summed E-state index contributed by atoms with van der Waals surface area (Å²) in [5, 5.41) is 0. The molecule has 0 aromatic rings. The molecule has 0 nitrogen and oxygen atoms in total. The fraction of sp³-hybridized carbons (Fsp3) is 0.400. The van der Waals surface area contributed by atoms with Crippen molar-refractivity contribution >= 4 is 0 Å². The molecule has 0 bridgehead atoms. The Kier molecular flexibility index (Phi) is 20.5. The van der Waals surface area contributed by atoms with Crippen LogP contribution in [0.3, 0.4) is 0 Å². The first-order valence-corrected chi connectivity index (χ1v) is 7.08. The van der Waals surface area contributed by atoms with Crippen molar-refractivity contribution in [3.05, 3.63) is 73.4 Å². The van der Waals surface area contributed by atoms with Crippen LogP contribution < -0.4 is 0 Å². The van der Waals surface area contributed by atoms with Crippen LogP contribution in [0.2, 0.25) is 0 Å². The molecule has 0 N–H and O–H groups in total. The number of rotatable bonds is 4. The third kappa shape index (κ3) is 44.0. The van der Waals surface area contributed by atoms with Crippen molar-refractivity contribution in [3.8, 4) is 0 Å². The van der Waals surface area contributed by atoms with E-state index in [9.17, 15) is 0 Å². The molecule has 0 aromatic carbocycles. The molecule has 0 aliphatic heterocycles. The van der Waals surface area contributed by atoms with Gasteiger partial charge in [-0.3, -0.25) is 0 Å². The van der Waals surface area contributed by atoms with Crippen LogP contribution in [0.1, 0.15) is 48.5 Å². The van der Waals surface area contributed by atoms with Crippen molar-refractivity contribution in [2.75, 3.05) is 0 Å². The first kappa shape index (κ1) is 23.5. The van der Waals surface area contributed by atoms with Gasteiger partial charge in [-0.15, -0.1) is 0 Å². The number of hydrogen-bond donors (Lipinski definition) is 0. The van der Waals surface area contributed by atoms with Gasteiger partial charge in [-0.05, 0) is 31.8 Å². The highest BCUT2D eigenvalue weighted by atomic mass is 14.0. The molecule has 0 heteroatoms. The zero-order valence-electron chi connectivity index (χ0n) is 14.6. The Morgan fingerprint density at radius 3 is 1.40 bits per heavy atom. The van der Waals surface area contributed by atoms with E-state index < -0.39 is 0 Å². The summed E-state index contributed by atoms with van der Waals surface area (Å²) in [6, 6.07) is 0. The van der Waals surface area contributed by atoms with Crippen molar-refractivity contribution in [1.29, 1.82) is 0 Å². The molecule has 0 unspecified atom stereocenters. The lowest BCUT2D eigenvalue weighted by Gasteiger charge is -2.05. The third-order valence-electron chi connectivity index (χ3n) is 1.49. The maximum absolute atomic E-state index is 3.63. The van der Waals surface area contributed by atoms with Gasteiger partial charge in [-0.25, -0.2) is 0 Å². The standard InChI is InChI=1S/C9H12.C6H10.C5H12/c1-4-7-8-9(5-2)6-3;1-3-5-6-4-2;1-5(2,3)4/h4-8H,1-2H2,3H3;3-6H,1-2H3;1-4H3/b8-7-,9-6-;5-3-,6-4-;. The summed E-state index contributed by atoms with van der Waals surface area (Å²) in [4.78, 5) is 0. The minimum absolute atomic E-state index is 0.500. The van der Waals surface area contributed by atoms with Gasteiger partial charge >= 0.3 is 0 Å². The minimum atomic E-state index is 0.500. The van der Waals surface area contributed by atoms with Gasteiger partial charge in [-0.2, -0.15) is 0 Å². The molecule has 0 atom stereocenters. The molecule has 114 valence electrons. The first-order chi connectivity index (χ1) is 9.26. The van der Waals surface area contributed by atoms with Crippen molar-refractivity contribution in [3.63, 3.8) is 0 Å². The summed E-state index contributed by atoms with van der Waals surface area (Å²) < 4.78 is 0. The summed E-state index contributed by atoms with van der Waals surface area (Å²) in [7, 11) is 0. The summed E-state index contributed by atoms with van der Waals surface area (Å²) in [5.74, 6) is 0. The van der Waals surface area contributed by atoms with Crippen LogP contribution in [0, 0.1) is 5.41 Å². The Bertz CT molecular complexity index is 312. The second-order valence-corrected chi connectivity index (χ2v) is 5.64. The molecule has 0 aliphatic carbocycles. The van der Waals surface area contributed by atoms with Gasteiger partial charge in [0.2, 0.25) is 0 Å². The average molecular weight is 274 g/mol. The van der Waals surface area contributed by atoms with Crippen LogP contribution in [-0.2, 0) is 0 Å². The first-order valence-electron chi connectivity index (χ1n) is 7.08. The van der Waals surface area contributed by atoms with Crippen molar-refractivity contribution < 1.29 is 0 Å². The topological polar surface area (TPSA) is 0 Å². The van der Waals surface area contributed by atoms with Crippen LogP contribution in [-0.4, -0.2) is 0 Å². The van der Waals surface area contributed by atoms with Crippen LogP contribution in [0.5, 0.6) is 0 Å². The molecule has 0 spiro atoms. The molecule has 0 amide bonds. The third-order valence-corrected chi connectivity index (χ3v) is 1.49. The second-order valence-electron chi connectivity index (χ2n) is 5.64. The van der Waals surface area contributed by atoms with E-state index in [2.05, 4.69) is 40.9 Å². The van der Waals surface area contributed by atoms with E-state index in [-0.39, 0.29) is 0 Å². The lowest BCUT2D eigenvalue weighted by molar-refractivity contribution is 0.469. The van der Waals surface area contributed by atoms with E-state index in [0.717, 1.165) is 5.57 Å². The quantitative estimate of drug-likeness (QED) is 0.482. The van der Waals surface area contributed by atoms with Gasteiger partial charge in [0.1, 0.15) is 0 Å². The molecule has 0 aromatic heterocycles. The Balaban J connectivity index is -0.000000230. The highest BCUT2D eigenvalue weighted by Crippen LogP contribution is 2.08. The van der Waals surface area contributed by atoms with E-state index in [1.807, 2.05) is 63.3 Å². The average Bonchev–Trinajstić information content (AvgIpc) is 2.36. The van der Waals surface area contributed by atoms with E-state index >= 15 is 0 Å². The second kappa shape index (κ2) is 17.4. The molecule has 0 saturated heterocycles. The molecule has 0 rings (SSSR count). The van der Waals surface area contributed by atoms with Crippen molar-refractivity contribution in [2.45, 2.75) is 48.5 Å². The smallest absolute Gasteiger partial charge is 0.0305 e. The minimum Gasteiger partial charge on any atom is -0.0991 e. The highest BCUT2D eigenvalue weighted by molar-refractivity contribution is 5.29. The van der Waals surface area contributed by atoms with Gasteiger partial charge in [-0.1, -0.05) is 95.5 Å². The van der Waals surface area contributed by atoms with Crippen LogP contribution >= 0.6 is 0 Å². The van der Waals surface area contributed by atoms with E-state index in [1.54, 1.807) is 12.2 Å². The lowest BCUT2D eigenvalue weighted by atomic mass is 10.0. The van der Waals surface area contributed by atoms with Crippen LogP contribution in [0.25, 0.3) is 0 Å². The lowest BCUT2D eigenvalue weighted by Crippen LogP contribution is -1.93. The van der Waals surface area contributed by atoms with E-state index in [4.69, 9.17) is 0 Å². The normalized spacial score (nSPS) is 11.8. The van der Waals surface area contributed by atoms with Crippen LogP contribution in [0.15, 0.2) is 73.4 Å². The molecule has 0 heterocycles. The van der Waals surface area contributed by atoms with Gasteiger partial charge in [0.05, 0.1) is 0 Å². The number of hydrogen-bond acceptors (Lipinski definition) is 0. The molecular weight excluding hydrogens is 240 g/mol. The predicted octanol–water partition coefficient (Wildman–Crippen LogP) is 7.05. The summed E-state index contributed by atoms with van der Waals surface area (Å²) in [5.41, 5.74) is 1.62. The molecule has 0 radical (unpaired) electrons. The molecule has 0 saturated carbocycles. The van der Waals surface area contributed by atoms with Gasteiger partial charge < -0.3 is 0 Å². The fourth-order valence-corrected chi connectivity index (χ4v) is 0.683. The van der Waals surface area contributed by atoms with E-state index in [1.165, 1.54) is 0 Å². The zero-order chi connectivity index (χ0) is 16.4. The Morgan fingerprint density at radius 1 is 0.800 bits per heavy atom. The van der Waals surface area contributed by atoms with Crippen molar-refractivity contribution in [1.82, 2.24) is 0 Å². The maximum atomic E-state index is 3.63. The molecular formula is C20H34. The fourth-order valence-electron chi connectivity index (χ4n) is 0.683. The maximum Gasteiger partial charge on any atom is -0.0305 e. The van der Waals surface area contributed by atoms with Crippen molar-refractivity contribution in [2.24, 2.45) is 5.41 Å². The molecule has 20 heavy (non-hydrogen) atoms.